The molecule has 0 aliphatic heterocycles. The van der Waals surface area contributed by atoms with Gasteiger partial charge in [-0.05, 0) is 59.9 Å². The van der Waals surface area contributed by atoms with Gasteiger partial charge in [-0.25, -0.2) is 4.98 Å². The molecule has 1 aromatic heterocycles. The molecular formula is C33H33N3O3. The van der Waals surface area contributed by atoms with E-state index in [1.165, 1.54) is 0 Å². The Morgan fingerprint density at radius 3 is 2.36 bits per heavy atom. The summed E-state index contributed by atoms with van der Waals surface area (Å²) < 4.78 is 7.46. The number of aromatic nitrogens is 2. The molecule has 0 saturated heterocycles. The van der Waals surface area contributed by atoms with Crippen molar-refractivity contribution in [2.24, 2.45) is 0 Å². The molecule has 3 aromatic carbocycles. The van der Waals surface area contributed by atoms with Crippen LogP contribution in [-0.4, -0.2) is 20.4 Å². The predicted octanol–water partition coefficient (Wildman–Crippen LogP) is 6.13. The van der Waals surface area contributed by atoms with Crippen LogP contribution in [0.4, 0.5) is 0 Å². The molecule has 0 spiro atoms. The summed E-state index contributed by atoms with van der Waals surface area (Å²) in [4.78, 5) is 19.0. The fraction of sp³-hybridized carbons (Fsp3) is 0.303. The molecule has 6 nitrogen and oxygen atoms in total. The number of hydrogen-bond acceptors (Lipinski definition) is 5. The molecule has 4 aromatic rings. The van der Waals surface area contributed by atoms with E-state index >= 15 is 0 Å². The SMILES string of the molecule is CCCc1nc(CC)n(-c2ccc(OC3(O)CCC3)cc2)c(=O)c1Cc1ccc(-c2ccccc2C#N)cc1. The molecule has 0 radical (unpaired) electrons. The van der Waals surface area contributed by atoms with Crippen molar-refractivity contribution in [1.29, 1.82) is 5.26 Å². The number of rotatable bonds is 9. The summed E-state index contributed by atoms with van der Waals surface area (Å²) in [7, 11) is 0. The van der Waals surface area contributed by atoms with Gasteiger partial charge >= 0.3 is 0 Å². The number of aryl methyl sites for hydroxylation is 2. The van der Waals surface area contributed by atoms with Crippen LogP contribution in [0.15, 0.2) is 77.6 Å². The highest BCUT2D eigenvalue weighted by Crippen LogP contribution is 2.34. The zero-order valence-electron chi connectivity index (χ0n) is 22.5. The van der Waals surface area contributed by atoms with E-state index in [0.29, 0.717) is 42.6 Å². The highest BCUT2D eigenvalue weighted by atomic mass is 16.6. The van der Waals surface area contributed by atoms with Gasteiger partial charge in [-0.2, -0.15) is 5.26 Å². The molecule has 0 amide bonds. The van der Waals surface area contributed by atoms with Crippen molar-refractivity contribution < 1.29 is 9.84 Å². The van der Waals surface area contributed by atoms with Gasteiger partial charge in [0.1, 0.15) is 11.6 Å². The largest absolute Gasteiger partial charge is 0.463 e. The van der Waals surface area contributed by atoms with E-state index in [2.05, 4.69) is 13.0 Å². The molecule has 0 unspecified atom stereocenters. The Hall–Kier alpha value is -4.21. The van der Waals surface area contributed by atoms with Crippen LogP contribution in [0.5, 0.6) is 5.75 Å². The Bertz CT molecular complexity index is 1560. The lowest BCUT2D eigenvalue weighted by atomic mass is 9.91. The summed E-state index contributed by atoms with van der Waals surface area (Å²) >= 11 is 0. The van der Waals surface area contributed by atoms with Gasteiger partial charge in [-0.1, -0.05) is 62.7 Å². The number of aliphatic hydroxyl groups is 1. The standard InChI is InChI=1S/C33H33N3O3/c1-3-8-30-29(21-23-11-13-24(14-12-23)28-10-6-5-9-25(28)22-34)32(37)36(31(4-2)35-30)26-15-17-27(18-16-26)39-33(38)19-7-20-33/h5-6,9-18,38H,3-4,7-8,19-21H2,1-2H3. The van der Waals surface area contributed by atoms with Crippen LogP contribution in [0.25, 0.3) is 16.8 Å². The molecule has 1 heterocycles. The Morgan fingerprint density at radius 2 is 1.74 bits per heavy atom. The summed E-state index contributed by atoms with van der Waals surface area (Å²) in [6.45, 7) is 4.11. The molecule has 0 atom stereocenters. The van der Waals surface area contributed by atoms with Crippen molar-refractivity contribution in [2.45, 2.75) is 64.6 Å². The third-order valence-electron chi connectivity index (χ3n) is 7.37. The highest BCUT2D eigenvalue weighted by molar-refractivity contribution is 5.70. The van der Waals surface area contributed by atoms with Gasteiger partial charge in [0.15, 0.2) is 0 Å². The number of benzene rings is 3. The zero-order valence-corrected chi connectivity index (χ0v) is 22.5. The first-order valence-corrected chi connectivity index (χ1v) is 13.7. The molecule has 1 N–H and O–H groups in total. The van der Waals surface area contributed by atoms with Gasteiger partial charge in [0.25, 0.3) is 5.56 Å². The second kappa shape index (κ2) is 11.3. The molecule has 1 fully saturated rings. The average molecular weight is 520 g/mol. The molecule has 1 aliphatic rings. The van der Waals surface area contributed by atoms with Crippen LogP contribution in [0.2, 0.25) is 0 Å². The molecule has 1 aliphatic carbocycles. The molecule has 6 heteroatoms. The van der Waals surface area contributed by atoms with Gasteiger partial charge in [-0.3, -0.25) is 9.36 Å². The van der Waals surface area contributed by atoms with Crippen LogP contribution in [0.1, 0.15) is 67.7 Å². The third kappa shape index (κ3) is 5.50. The second-order valence-corrected chi connectivity index (χ2v) is 10.1. The number of ether oxygens (including phenoxy) is 1. The second-order valence-electron chi connectivity index (χ2n) is 10.1. The minimum Gasteiger partial charge on any atom is -0.463 e. The Morgan fingerprint density at radius 1 is 1.03 bits per heavy atom. The fourth-order valence-corrected chi connectivity index (χ4v) is 5.08. The van der Waals surface area contributed by atoms with Crippen molar-refractivity contribution in [3.05, 3.63) is 111 Å². The number of nitrogens with zero attached hydrogens (tertiary/aromatic N) is 3. The van der Waals surface area contributed by atoms with Gasteiger partial charge in [-0.15, -0.1) is 0 Å². The Labute approximate surface area is 229 Å². The lowest BCUT2D eigenvalue weighted by Gasteiger charge is -2.36. The van der Waals surface area contributed by atoms with E-state index in [0.717, 1.165) is 53.2 Å². The monoisotopic (exact) mass is 519 g/mol. The molecule has 0 bridgehead atoms. The van der Waals surface area contributed by atoms with Crippen LogP contribution < -0.4 is 10.3 Å². The zero-order chi connectivity index (χ0) is 27.4. The lowest BCUT2D eigenvalue weighted by molar-refractivity contribution is -0.189. The number of nitriles is 1. The topological polar surface area (TPSA) is 88.1 Å². The smallest absolute Gasteiger partial charge is 0.261 e. The minimum atomic E-state index is -1.07. The summed E-state index contributed by atoms with van der Waals surface area (Å²) in [5, 5.41) is 19.8. The summed E-state index contributed by atoms with van der Waals surface area (Å²) in [5.74, 6) is 0.234. The van der Waals surface area contributed by atoms with E-state index < -0.39 is 5.79 Å². The van der Waals surface area contributed by atoms with E-state index in [9.17, 15) is 15.2 Å². The predicted molar refractivity (Wildman–Crippen MR) is 152 cm³/mol. The first kappa shape index (κ1) is 26.4. The highest BCUT2D eigenvalue weighted by Gasteiger charge is 2.36. The average Bonchev–Trinajstić information content (AvgIpc) is 2.95. The molecule has 1 saturated carbocycles. The maximum absolute atomic E-state index is 14.0. The van der Waals surface area contributed by atoms with Crippen molar-refractivity contribution in [2.75, 3.05) is 0 Å². The summed E-state index contributed by atoms with van der Waals surface area (Å²) in [6.07, 6.45) is 4.94. The van der Waals surface area contributed by atoms with E-state index in [4.69, 9.17) is 9.72 Å². The quantitative estimate of drug-likeness (QED) is 0.269. The van der Waals surface area contributed by atoms with Crippen LogP contribution >= 0.6 is 0 Å². The fourth-order valence-electron chi connectivity index (χ4n) is 5.08. The van der Waals surface area contributed by atoms with Crippen LogP contribution in [-0.2, 0) is 19.3 Å². The van der Waals surface area contributed by atoms with E-state index in [1.807, 2.05) is 67.6 Å². The Balaban J connectivity index is 1.49. The Kier molecular flexibility index (Phi) is 7.63. The summed E-state index contributed by atoms with van der Waals surface area (Å²) in [6, 6.07) is 25.2. The number of hydrogen-bond donors (Lipinski definition) is 1. The van der Waals surface area contributed by atoms with Gasteiger partial charge in [0.05, 0.1) is 23.0 Å². The summed E-state index contributed by atoms with van der Waals surface area (Å²) in [5.41, 5.74) is 5.72. The van der Waals surface area contributed by atoms with E-state index in [-0.39, 0.29) is 5.56 Å². The molecule has 5 rings (SSSR count). The van der Waals surface area contributed by atoms with Crippen LogP contribution in [0.3, 0.4) is 0 Å². The van der Waals surface area contributed by atoms with Gasteiger partial charge < -0.3 is 9.84 Å². The maximum Gasteiger partial charge on any atom is 0.261 e. The van der Waals surface area contributed by atoms with Gasteiger partial charge in [0.2, 0.25) is 5.79 Å². The van der Waals surface area contributed by atoms with Crippen LogP contribution in [0, 0.1) is 11.3 Å². The first-order valence-electron chi connectivity index (χ1n) is 13.7. The van der Waals surface area contributed by atoms with Crippen molar-refractivity contribution in [3.63, 3.8) is 0 Å². The molecule has 39 heavy (non-hydrogen) atoms. The third-order valence-corrected chi connectivity index (χ3v) is 7.37. The van der Waals surface area contributed by atoms with Crippen molar-refractivity contribution in [3.8, 4) is 28.6 Å². The van der Waals surface area contributed by atoms with E-state index in [1.54, 1.807) is 16.7 Å². The molecule has 198 valence electrons. The van der Waals surface area contributed by atoms with Crippen molar-refractivity contribution >= 4 is 0 Å². The van der Waals surface area contributed by atoms with Crippen molar-refractivity contribution in [1.82, 2.24) is 9.55 Å². The normalized spacial score (nSPS) is 13.9. The first-order chi connectivity index (χ1) is 18.9. The molecular weight excluding hydrogens is 486 g/mol. The maximum atomic E-state index is 14.0. The minimum absolute atomic E-state index is 0.0597. The lowest BCUT2D eigenvalue weighted by Crippen LogP contribution is -2.42. The van der Waals surface area contributed by atoms with Gasteiger partial charge in [0, 0.05) is 31.2 Å².